The number of aromatic nitrogens is 1. The van der Waals surface area contributed by atoms with Gasteiger partial charge in [0.15, 0.2) is 0 Å². The molecule has 1 atom stereocenters. The molecule has 0 aliphatic heterocycles. The predicted molar refractivity (Wildman–Crippen MR) is 75.1 cm³/mol. The molecule has 1 amide bonds. The van der Waals surface area contributed by atoms with Crippen molar-refractivity contribution in [3.8, 4) is 11.5 Å². The zero-order valence-corrected chi connectivity index (χ0v) is 11.6. The number of aliphatic hydroxyl groups is 1. The second kappa shape index (κ2) is 6.34. The summed E-state index contributed by atoms with van der Waals surface area (Å²) in [6, 6.07) is 7.92. The Bertz CT molecular complexity index is 573. The summed E-state index contributed by atoms with van der Waals surface area (Å²) in [6.07, 6.45) is 1.16. The zero-order chi connectivity index (χ0) is 14.5. The van der Waals surface area contributed by atoms with Crippen LogP contribution in [0.4, 0.5) is 0 Å². The number of carbonyl (C=O) groups excluding carboxylic acids is 1. The third-order valence-corrected chi connectivity index (χ3v) is 2.91. The Kier molecular flexibility index (Phi) is 4.53. The van der Waals surface area contributed by atoms with Gasteiger partial charge in [-0.05, 0) is 26.0 Å². The van der Waals surface area contributed by atoms with Crippen molar-refractivity contribution in [1.29, 1.82) is 0 Å². The minimum absolute atomic E-state index is 0.382. The molecule has 0 aliphatic carbocycles. The van der Waals surface area contributed by atoms with Crippen molar-refractivity contribution in [3.63, 3.8) is 0 Å². The number of hydrogen-bond acceptors (Lipinski definition) is 4. The number of amides is 1. The van der Waals surface area contributed by atoms with Crippen molar-refractivity contribution >= 4 is 5.91 Å². The van der Waals surface area contributed by atoms with Crippen LogP contribution in [0, 0.1) is 6.92 Å². The molecule has 1 aromatic heterocycles. The Labute approximate surface area is 117 Å². The summed E-state index contributed by atoms with van der Waals surface area (Å²) < 4.78 is 5.42. The second-order valence-corrected chi connectivity index (χ2v) is 4.73. The molecular weight excluding hydrogens is 256 g/mol. The molecule has 5 heteroatoms. The molecule has 0 saturated carbocycles. The summed E-state index contributed by atoms with van der Waals surface area (Å²) in [6.45, 7) is 3.88. The summed E-state index contributed by atoms with van der Waals surface area (Å²) in [5.74, 6) is 0.189. The highest BCUT2D eigenvalue weighted by molar-refractivity contribution is 5.79. The molecule has 106 valence electrons. The topological polar surface area (TPSA) is 75.4 Å². The molecule has 0 aliphatic rings. The number of aliphatic hydroxyl groups excluding tert-OH is 1. The van der Waals surface area contributed by atoms with Gasteiger partial charge in [0.1, 0.15) is 12.4 Å². The summed E-state index contributed by atoms with van der Waals surface area (Å²) in [5, 5.41) is 11.7. The smallest absolute Gasteiger partial charge is 0.248 e. The molecule has 2 rings (SSSR count). The van der Waals surface area contributed by atoms with Crippen LogP contribution in [0.2, 0.25) is 0 Å². The number of aryl methyl sites for hydroxylation is 1. The van der Waals surface area contributed by atoms with Crippen LogP contribution in [0.15, 0.2) is 34.9 Å². The lowest BCUT2D eigenvalue weighted by atomic mass is 10.1. The van der Waals surface area contributed by atoms with Crippen molar-refractivity contribution < 1.29 is 14.3 Å². The van der Waals surface area contributed by atoms with E-state index in [1.807, 2.05) is 31.2 Å². The van der Waals surface area contributed by atoms with E-state index in [4.69, 9.17) is 9.52 Å². The number of benzene rings is 1. The maximum atomic E-state index is 11.2. The van der Waals surface area contributed by atoms with Crippen LogP contribution in [-0.2, 0) is 11.2 Å². The fourth-order valence-corrected chi connectivity index (χ4v) is 1.71. The van der Waals surface area contributed by atoms with Gasteiger partial charge in [-0.25, -0.2) is 4.98 Å². The molecular formula is C15H18N2O3. The van der Waals surface area contributed by atoms with E-state index < -0.39 is 6.10 Å². The summed E-state index contributed by atoms with van der Waals surface area (Å²) in [4.78, 5) is 15.6. The zero-order valence-electron chi connectivity index (χ0n) is 11.6. The van der Waals surface area contributed by atoms with E-state index in [-0.39, 0.29) is 5.91 Å². The molecule has 2 N–H and O–H groups in total. The standard InChI is InChI=1S/C15H18N2O3/c1-10-3-5-12(6-4-10)15-17-13(9-20-15)7-8-16-14(19)11(2)18/h3-6,9,11,18H,7-8H2,1-2H3,(H,16,19). The molecule has 2 aromatic rings. The van der Waals surface area contributed by atoms with Crippen LogP contribution in [0.25, 0.3) is 11.5 Å². The Morgan fingerprint density at radius 2 is 2.10 bits per heavy atom. The van der Waals surface area contributed by atoms with Crippen molar-refractivity contribution in [2.75, 3.05) is 6.54 Å². The normalized spacial score (nSPS) is 12.2. The van der Waals surface area contributed by atoms with Gasteiger partial charge in [0.25, 0.3) is 0 Å². The number of rotatable bonds is 5. The number of oxazole rings is 1. The lowest BCUT2D eigenvalue weighted by Crippen LogP contribution is -2.33. The highest BCUT2D eigenvalue weighted by Crippen LogP contribution is 2.19. The SMILES string of the molecule is Cc1ccc(-c2nc(CCNC(=O)C(C)O)co2)cc1. The largest absolute Gasteiger partial charge is 0.444 e. The average Bonchev–Trinajstić information content (AvgIpc) is 2.88. The van der Waals surface area contributed by atoms with Gasteiger partial charge in [0.05, 0.1) is 5.69 Å². The average molecular weight is 274 g/mol. The van der Waals surface area contributed by atoms with Gasteiger partial charge in [0, 0.05) is 18.5 Å². The maximum absolute atomic E-state index is 11.2. The quantitative estimate of drug-likeness (QED) is 0.870. The minimum Gasteiger partial charge on any atom is -0.444 e. The molecule has 0 radical (unpaired) electrons. The third-order valence-electron chi connectivity index (χ3n) is 2.91. The molecule has 0 fully saturated rings. The van der Waals surface area contributed by atoms with Crippen LogP contribution in [0.5, 0.6) is 0 Å². The molecule has 20 heavy (non-hydrogen) atoms. The van der Waals surface area contributed by atoms with Gasteiger partial charge in [-0.15, -0.1) is 0 Å². The van der Waals surface area contributed by atoms with Gasteiger partial charge in [-0.2, -0.15) is 0 Å². The first kappa shape index (κ1) is 14.3. The van der Waals surface area contributed by atoms with E-state index in [2.05, 4.69) is 10.3 Å². The van der Waals surface area contributed by atoms with Crippen molar-refractivity contribution in [1.82, 2.24) is 10.3 Å². The highest BCUT2D eigenvalue weighted by atomic mass is 16.3. The predicted octanol–water partition coefficient (Wildman–Crippen LogP) is 1.69. The van der Waals surface area contributed by atoms with Crippen LogP contribution >= 0.6 is 0 Å². The number of nitrogens with one attached hydrogen (secondary N) is 1. The number of carbonyl (C=O) groups is 1. The molecule has 1 heterocycles. The van der Waals surface area contributed by atoms with Crippen molar-refractivity contribution in [2.24, 2.45) is 0 Å². The van der Waals surface area contributed by atoms with Crippen molar-refractivity contribution in [3.05, 3.63) is 41.8 Å². The second-order valence-electron chi connectivity index (χ2n) is 4.73. The third kappa shape index (κ3) is 3.68. The van der Waals surface area contributed by atoms with Crippen LogP contribution in [0.3, 0.4) is 0 Å². The van der Waals surface area contributed by atoms with Gasteiger partial charge >= 0.3 is 0 Å². The molecule has 5 nitrogen and oxygen atoms in total. The first-order valence-electron chi connectivity index (χ1n) is 6.53. The molecule has 0 spiro atoms. The Balaban J connectivity index is 1.92. The van der Waals surface area contributed by atoms with E-state index in [0.717, 1.165) is 11.3 Å². The minimum atomic E-state index is -0.990. The first-order chi connectivity index (χ1) is 9.56. The van der Waals surface area contributed by atoms with Gasteiger partial charge in [-0.1, -0.05) is 17.7 Å². The van der Waals surface area contributed by atoms with Crippen LogP contribution < -0.4 is 5.32 Å². The Hall–Kier alpha value is -2.14. The highest BCUT2D eigenvalue weighted by Gasteiger charge is 2.09. The lowest BCUT2D eigenvalue weighted by Gasteiger charge is -2.04. The van der Waals surface area contributed by atoms with Crippen LogP contribution in [-0.4, -0.2) is 28.6 Å². The Morgan fingerprint density at radius 3 is 2.75 bits per heavy atom. The molecule has 0 saturated heterocycles. The Morgan fingerprint density at radius 1 is 1.40 bits per heavy atom. The van der Waals surface area contributed by atoms with Gasteiger partial charge in [0.2, 0.25) is 11.8 Å². The molecule has 1 aromatic carbocycles. The van der Waals surface area contributed by atoms with E-state index in [1.165, 1.54) is 12.5 Å². The number of hydrogen-bond donors (Lipinski definition) is 2. The summed E-state index contributed by atoms with van der Waals surface area (Å²) in [7, 11) is 0. The first-order valence-corrected chi connectivity index (χ1v) is 6.53. The fraction of sp³-hybridized carbons (Fsp3) is 0.333. The van der Waals surface area contributed by atoms with E-state index in [9.17, 15) is 4.79 Å². The van der Waals surface area contributed by atoms with Gasteiger partial charge < -0.3 is 14.8 Å². The molecule has 1 unspecified atom stereocenters. The van der Waals surface area contributed by atoms with Gasteiger partial charge in [-0.3, -0.25) is 4.79 Å². The van der Waals surface area contributed by atoms with Crippen molar-refractivity contribution in [2.45, 2.75) is 26.4 Å². The number of nitrogens with zero attached hydrogens (tertiary/aromatic N) is 1. The van der Waals surface area contributed by atoms with E-state index in [0.29, 0.717) is 18.9 Å². The maximum Gasteiger partial charge on any atom is 0.248 e. The monoisotopic (exact) mass is 274 g/mol. The summed E-state index contributed by atoms with van der Waals surface area (Å²) in [5.41, 5.74) is 2.88. The van der Waals surface area contributed by atoms with E-state index >= 15 is 0 Å². The van der Waals surface area contributed by atoms with E-state index in [1.54, 1.807) is 6.26 Å². The fourth-order valence-electron chi connectivity index (χ4n) is 1.71. The van der Waals surface area contributed by atoms with Crippen LogP contribution in [0.1, 0.15) is 18.2 Å². The summed E-state index contributed by atoms with van der Waals surface area (Å²) >= 11 is 0. The molecule has 0 bridgehead atoms. The lowest BCUT2D eigenvalue weighted by molar-refractivity contribution is -0.128.